The van der Waals surface area contributed by atoms with Gasteiger partial charge in [0.25, 0.3) is 0 Å². The third-order valence-electron chi connectivity index (χ3n) is 4.50. The summed E-state index contributed by atoms with van der Waals surface area (Å²) in [6, 6.07) is 1.92. The first-order chi connectivity index (χ1) is 12.8. The molecule has 0 atom stereocenters. The van der Waals surface area contributed by atoms with E-state index in [1.165, 1.54) is 0 Å². The van der Waals surface area contributed by atoms with Crippen molar-refractivity contribution in [3.63, 3.8) is 0 Å². The molecule has 1 aliphatic rings. The van der Waals surface area contributed by atoms with Crippen LogP contribution in [0.2, 0.25) is 0 Å². The third-order valence-corrected chi connectivity index (χ3v) is 4.50. The molecule has 1 saturated heterocycles. The lowest BCUT2D eigenvalue weighted by Crippen LogP contribution is -2.52. The fraction of sp³-hybridized carbons (Fsp3) is 0.647. The summed E-state index contributed by atoms with van der Waals surface area (Å²) in [5.41, 5.74) is 0.986. The molecule has 2 aromatic rings. The number of hydrogen-bond acceptors (Lipinski definition) is 6. The van der Waals surface area contributed by atoms with Gasteiger partial charge in [-0.2, -0.15) is 0 Å². The van der Waals surface area contributed by atoms with Gasteiger partial charge in [0.1, 0.15) is 18.4 Å². The van der Waals surface area contributed by atoms with Crippen molar-refractivity contribution in [1.82, 2.24) is 35.0 Å². The lowest BCUT2D eigenvalue weighted by atomic mass is 10.3. The van der Waals surface area contributed by atoms with Gasteiger partial charge in [-0.15, -0.1) is 10.2 Å². The Labute approximate surface area is 154 Å². The molecule has 1 N–H and O–H groups in total. The van der Waals surface area contributed by atoms with E-state index in [-0.39, 0.29) is 0 Å². The molecular formula is C17H28N8O. The smallest absolute Gasteiger partial charge is 0.194 e. The number of aliphatic imine (C=N–C) groups is 1. The first-order valence-electron chi connectivity index (χ1n) is 9.31. The molecule has 1 aliphatic heterocycles. The topological polar surface area (TPSA) is 87.6 Å². The number of nitrogens with zero attached hydrogens (tertiary/aromatic N) is 7. The highest BCUT2D eigenvalue weighted by Crippen LogP contribution is 2.07. The van der Waals surface area contributed by atoms with Crippen LogP contribution in [0.15, 0.2) is 28.2 Å². The second kappa shape index (κ2) is 9.33. The monoisotopic (exact) mass is 360 g/mol. The highest BCUT2D eigenvalue weighted by molar-refractivity contribution is 5.80. The molecule has 0 spiro atoms. The van der Waals surface area contributed by atoms with E-state index in [0.717, 1.165) is 69.7 Å². The second-order valence-corrected chi connectivity index (χ2v) is 6.28. The van der Waals surface area contributed by atoms with E-state index in [1.54, 1.807) is 12.6 Å². The molecule has 142 valence electrons. The summed E-state index contributed by atoms with van der Waals surface area (Å²) in [5, 5.41) is 15.5. The van der Waals surface area contributed by atoms with Crippen LogP contribution < -0.4 is 5.32 Å². The van der Waals surface area contributed by atoms with Crippen molar-refractivity contribution in [2.45, 2.75) is 33.4 Å². The van der Waals surface area contributed by atoms with E-state index in [0.29, 0.717) is 6.54 Å². The Morgan fingerprint density at radius 2 is 2.12 bits per heavy atom. The van der Waals surface area contributed by atoms with Crippen LogP contribution in [0.4, 0.5) is 0 Å². The van der Waals surface area contributed by atoms with E-state index in [4.69, 9.17) is 9.52 Å². The summed E-state index contributed by atoms with van der Waals surface area (Å²) >= 11 is 0. The van der Waals surface area contributed by atoms with Crippen LogP contribution in [0.25, 0.3) is 0 Å². The van der Waals surface area contributed by atoms with Crippen molar-refractivity contribution >= 4 is 5.96 Å². The number of piperazine rings is 1. The summed E-state index contributed by atoms with van der Waals surface area (Å²) in [4.78, 5) is 9.52. The Kier molecular flexibility index (Phi) is 6.59. The van der Waals surface area contributed by atoms with Gasteiger partial charge in [-0.3, -0.25) is 9.89 Å². The van der Waals surface area contributed by atoms with Crippen LogP contribution >= 0.6 is 0 Å². The molecule has 2 aromatic heterocycles. The Morgan fingerprint density at radius 3 is 2.81 bits per heavy atom. The number of rotatable bonds is 7. The Morgan fingerprint density at radius 1 is 1.27 bits per heavy atom. The van der Waals surface area contributed by atoms with Gasteiger partial charge in [-0.25, -0.2) is 0 Å². The first-order valence-corrected chi connectivity index (χ1v) is 9.31. The van der Waals surface area contributed by atoms with Gasteiger partial charge in [0.2, 0.25) is 0 Å². The SMILES string of the molecule is CCNC(=NCCn1cnnc1CC)N1CCN(Cc2ccon2)CC1. The summed E-state index contributed by atoms with van der Waals surface area (Å²) in [6.45, 7) is 11.3. The van der Waals surface area contributed by atoms with Crippen LogP contribution in [0, 0.1) is 0 Å². The van der Waals surface area contributed by atoms with Crippen LogP contribution in [-0.2, 0) is 19.5 Å². The molecule has 3 heterocycles. The highest BCUT2D eigenvalue weighted by atomic mass is 16.5. The largest absolute Gasteiger partial charge is 0.364 e. The minimum atomic E-state index is 0.715. The predicted molar refractivity (Wildman–Crippen MR) is 98.7 cm³/mol. The third kappa shape index (κ3) is 4.81. The molecule has 26 heavy (non-hydrogen) atoms. The molecule has 0 aromatic carbocycles. The zero-order chi connectivity index (χ0) is 18.2. The molecule has 3 rings (SSSR count). The van der Waals surface area contributed by atoms with Crippen LogP contribution in [0.5, 0.6) is 0 Å². The van der Waals surface area contributed by atoms with Gasteiger partial charge in [0.05, 0.1) is 12.2 Å². The van der Waals surface area contributed by atoms with E-state index in [2.05, 4.69) is 48.9 Å². The van der Waals surface area contributed by atoms with Gasteiger partial charge in [-0.1, -0.05) is 12.1 Å². The first kappa shape index (κ1) is 18.4. The molecular weight excluding hydrogens is 332 g/mol. The van der Waals surface area contributed by atoms with Crippen LogP contribution in [0.1, 0.15) is 25.4 Å². The number of hydrogen-bond donors (Lipinski definition) is 1. The average molecular weight is 360 g/mol. The fourth-order valence-electron chi connectivity index (χ4n) is 3.09. The molecule has 0 radical (unpaired) electrons. The van der Waals surface area contributed by atoms with Crippen LogP contribution in [-0.4, -0.2) is 74.9 Å². The highest BCUT2D eigenvalue weighted by Gasteiger charge is 2.20. The van der Waals surface area contributed by atoms with Crippen molar-refractivity contribution in [3.8, 4) is 0 Å². The van der Waals surface area contributed by atoms with Gasteiger partial charge in [0, 0.05) is 58.3 Å². The number of guanidine groups is 1. The maximum Gasteiger partial charge on any atom is 0.194 e. The molecule has 9 heteroatoms. The molecule has 0 bridgehead atoms. The van der Waals surface area contributed by atoms with Crippen LogP contribution in [0.3, 0.4) is 0 Å². The van der Waals surface area contributed by atoms with E-state index in [9.17, 15) is 0 Å². The maximum absolute atomic E-state index is 4.91. The summed E-state index contributed by atoms with van der Waals surface area (Å²) in [6.07, 6.45) is 4.29. The Balaban J connectivity index is 1.51. The van der Waals surface area contributed by atoms with E-state index < -0.39 is 0 Å². The average Bonchev–Trinajstić information content (AvgIpc) is 3.33. The summed E-state index contributed by atoms with van der Waals surface area (Å²) in [7, 11) is 0. The lowest BCUT2D eigenvalue weighted by molar-refractivity contribution is 0.169. The predicted octanol–water partition coefficient (Wildman–Crippen LogP) is 0.612. The summed E-state index contributed by atoms with van der Waals surface area (Å²) < 4.78 is 6.98. The molecule has 0 saturated carbocycles. The van der Waals surface area contributed by atoms with Gasteiger partial charge >= 0.3 is 0 Å². The lowest BCUT2D eigenvalue weighted by Gasteiger charge is -2.36. The zero-order valence-corrected chi connectivity index (χ0v) is 15.6. The van der Waals surface area contributed by atoms with E-state index in [1.807, 2.05) is 6.07 Å². The van der Waals surface area contributed by atoms with Gasteiger partial charge < -0.3 is 19.3 Å². The number of aryl methyl sites for hydroxylation is 1. The van der Waals surface area contributed by atoms with Crippen molar-refractivity contribution in [2.75, 3.05) is 39.3 Å². The molecule has 0 unspecified atom stereocenters. The normalized spacial score (nSPS) is 16.2. The Hall–Kier alpha value is -2.42. The minimum absolute atomic E-state index is 0.715. The molecule has 0 amide bonds. The van der Waals surface area contributed by atoms with Gasteiger partial charge in [0.15, 0.2) is 5.96 Å². The zero-order valence-electron chi connectivity index (χ0n) is 15.6. The maximum atomic E-state index is 4.91. The van der Waals surface area contributed by atoms with E-state index >= 15 is 0 Å². The molecule has 0 aliphatic carbocycles. The van der Waals surface area contributed by atoms with Crippen molar-refractivity contribution in [2.24, 2.45) is 4.99 Å². The van der Waals surface area contributed by atoms with Crippen molar-refractivity contribution < 1.29 is 4.52 Å². The van der Waals surface area contributed by atoms with Crippen molar-refractivity contribution in [1.29, 1.82) is 0 Å². The summed E-state index contributed by atoms with van der Waals surface area (Å²) in [5.74, 6) is 1.99. The fourth-order valence-corrected chi connectivity index (χ4v) is 3.09. The number of aromatic nitrogens is 4. The minimum Gasteiger partial charge on any atom is -0.364 e. The standard InChI is InChI=1S/C17H28N8O/c1-3-16-21-20-14-25(16)7-6-19-17(18-4-2)24-10-8-23(9-11-24)13-15-5-12-26-22-15/h5,12,14H,3-4,6-11,13H2,1-2H3,(H,18,19). The molecule has 9 nitrogen and oxygen atoms in total. The Bertz CT molecular complexity index is 673. The molecule has 1 fully saturated rings. The quantitative estimate of drug-likeness (QED) is 0.572. The number of nitrogens with one attached hydrogen (secondary N) is 1. The van der Waals surface area contributed by atoms with Crippen molar-refractivity contribution in [3.05, 3.63) is 30.2 Å². The second-order valence-electron chi connectivity index (χ2n) is 6.28. The van der Waals surface area contributed by atoms with Gasteiger partial charge in [-0.05, 0) is 6.92 Å².